The number of nitrogens with zero attached hydrogens (tertiary/aromatic N) is 2. The van der Waals surface area contributed by atoms with Gasteiger partial charge in [0, 0.05) is 18.5 Å². The van der Waals surface area contributed by atoms with Crippen LogP contribution in [0.25, 0.3) is 0 Å². The van der Waals surface area contributed by atoms with Gasteiger partial charge >= 0.3 is 0 Å². The Morgan fingerprint density at radius 3 is 2.50 bits per heavy atom. The average Bonchev–Trinajstić information content (AvgIpc) is 3.45. The third-order valence-corrected chi connectivity index (χ3v) is 9.99. The van der Waals surface area contributed by atoms with Crippen molar-refractivity contribution in [3.05, 3.63) is 70.7 Å². The van der Waals surface area contributed by atoms with E-state index in [0.717, 1.165) is 19.3 Å². The number of aliphatic hydroxyl groups excluding tert-OH is 1. The maximum atomic E-state index is 13.9. The highest BCUT2D eigenvalue weighted by Gasteiger charge is 2.57. The first-order valence-corrected chi connectivity index (χ1v) is 15.3. The number of sulfonamides is 2. The Labute approximate surface area is 219 Å². The molecule has 0 spiro atoms. The number of carbonyl (C=O) groups is 1. The lowest BCUT2D eigenvalue weighted by atomic mass is 9.77. The molecule has 4 aliphatic rings. The van der Waals surface area contributed by atoms with Crippen molar-refractivity contribution < 1.29 is 31.1 Å². The second-order valence-corrected chi connectivity index (χ2v) is 13.5. The van der Waals surface area contributed by atoms with Crippen molar-refractivity contribution in [1.29, 1.82) is 0 Å². The number of hydrogen-bond donors (Lipinski definition) is 3. The Morgan fingerprint density at radius 1 is 1.11 bits per heavy atom. The van der Waals surface area contributed by atoms with E-state index in [-0.39, 0.29) is 63.7 Å². The molecule has 0 unspecified atom stereocenters. The van der Waals surface area contributed by atoms with Crippen molar-refractivity contribution in [3.8, 4) is 0 Å². The fourth-order valence-electron chi connectivity index (χ4n) is 6.47. The molecule has 2 heterocycles. The number of rotatable bonds is 5. The lowest BCUT2D eigenvalue weighted by molar-refractivity contribution is -0.134. The zero-order valence-corrected chi connectivity index (χ0v) is 21.7. The second-order valence-electron chi connectivity index (χ2n) is 10.3. The summed E-state index contributed by atoms with van der Waals surface area (Å²) < 4.78 is 66.6. The van der Waals surface area contributed by atoms with Gasteiger partial charge < -0.3 is 15.3 Å². The third-order valence-electron chi connectivity index (χ3n) is 7.94. The van der Waals surface area contributed by atoms with Crippen molar-refractivity contribution in [2.24, 2.45) is 27.3 Å². The highest BCUT2D eigenvalue weighted by Crippen LogP contribution is 2.55. The number of aliphatic hydroxyl groups is 1. The number of amides is 1. The molecule has 6 rings (SSSR count). The van der Waals surface area contributed by atoms with Crippen molar-refractivity contribution in [1.82, 2.24) is 4.90 Å². The van der Waals surface area contributed by atoms with Crippen LogP contribution in [0.15, 0.2) is 63.1 Å². The maximum Gasteiger partial charge on any atom is 0.286 e. The van der Waals surface area contributed by atoms with Crippen LogP contribution in [0, 0.1) is 23.6 Å². The number of amidine groups is 1. The van der Waals surface area contributed by atoms with Crippen LogP contribution in [0.4, 0.5) is 10.1 Å². The zero-order valence-electron chi connectivity index (χ0n) is 20.0. The number of anilines is 1. The molecule has 13 heteroatoms. The molecule has 2 fully saturated rings. The van der Waals surface area contributed by atoms with Gasteiger partial charge in [0.25, 0.3) is 15.9 Å². The fourth-order valence-corrected chi connectivity index (χ4v) is 8.29. The Balaban J connectivity index is 1.41. The van der Waals surface area contributed by atoms with E-state index in [1.807, 2.05) is 0 Å². The van der Waals surface area contributed by atoms with Crippen LogP contribution in [-0.2, 0) is 37.1 Å². The molecule has 0 aromatic heterocycles. The molecule has 2 aromatic rings. The average molecular weight is 561 g/mol. The molecule has 2 aliphatic carbocycles. The molecule has 2 aromatic carbocycles. The van der Waals surface area contributed by atoms with Crippen molar-refractivity contribution >= 4 is 37.5 Å². The van der Waals surface area contributed by atoms with Gasteiger partial charge in [0.15, 0.2) is 5.84 Å². The number of hydrogen-bond acceptors (Lipinski definition) is 7. The molecule has 0 saturated heterocycles. The smallest absolute Gasteiger partial charge is 0.286 e. The summed E-state index contributed by atoms with van der Waals surface area (Å²) in [4.78, 5) is 15.3. The summed E-state index contributed by atoms with van der Waals surface area (Å²) in [5.41, 5.74) is 0.771. The molecule has 2 saturated carbocycles. The number of primary sulfonamides is 1. The fraction of sp³-hybridized carbons (Fsp3) is 0.360. The normalized spacial score (nSPS) is 27.6. The Hall–Kier alpha value is -3.29. The van der Waals surface area contributed by atoms with Gasteiger partial charge in [0.05, 0.1) is 11.4 Å². The quantitative estimate of drug-likeness (QED) is 0.506. The summed E-state index contributed by atoms with van der Waals surface area (Å²) in [7, 11) is -8.24. The lowest BCUT2D eigenvalue weighted by Crippen LogP contribution is -2.53. The van der Waals surface area contributed by atoms with E-state index < -0.39 is 37.5 Å². The van der Waals surface area contributed by atoms with Crippen LogP contribution in [0.2, 0.25) is 0 Å². The zero-order chi connectivity index (χ0) is 27.0. The SMILES string of the molecule is NS(=O)(=O)Cc1ccc2c(c1)S(=O)(=O)N=C(C1=C(O)[C@@H]3[C@H]4CC[C@H](C4)[C@@H]3N(Cc3ccc(F)cc3)C1=O)N2. The molecule has 10 nitrogen and oxygen atoms in total. The Kier molecular flexibility index (Phi) is 5.67. The standard InChI is InChI=1S/C25H25FN4O6S2/c26-17-6-1-13(2-7-17)11-30-22-16-5-4-15(10-16)20(22)23(31)21(25(30)32)24-28-18-8-3-14(12-37(27,33)34)9-19(18)38(35,36)29-24/h1-3,6-9,15-16,20,22,31H,4-5,10-12H2,(H,28,29)(H2,27,33,34)/t15-,16+,20+,22-/m0/s1. The lowest BCUT2D eigenvalue weighted by Gasteiger charge is -2.44. The first kappa shape index (κ1) is 25.0. The minimum atomic E-state index is -4.35. The summed E-state index contributed by atoms with van der Waals surface area (Å²) in [6.07, 6.45) is 2.69. The van der Waals surface area contributed by atoms with Crippen molar-refractivity contribution in [2.75, 3.05) is 5.32 Å². The minimum Gasteiger partial charge on any atom is -0.511 e. The largest absolute Gasteiger partial charge is 0.511 e. The number of nitrogens with one attached hydrogen (secondary N) is 1. The molecular formula is C25H25FN4O6S2. The van der Waals surface area contributed by atoms with Gasteiger partial charge in [-0.1, -0.05) is 18.2 Å². The first-order chi connectivity index (χ1) is 17.9. The van der Waals surface area contributed by atoms with E-state index in [0.29, 0.717) is 5.56 Å². The number of carbonyl (C=O) groups excluding carboxylic acids is 1. The van der Waals surface area contributed by atoms with Crippen LogP contribution >= 0.6 is 0 Å². The van der Waals surface area contributed by atoms with E-state index in [1.165, 1.54) is 30.3 Å². The molecular weight excluding hydrogens is 535 g/mol. The van der Waals surface area contributed by atoms with Crippen LogP contribution < -0.4 is 10.5 Å². The summed E-state index contributed by atoms with van der Waals surface area (Å²) in [6.45, 7) is 0.174. The molecule has 2 aliphatic heterocycles. The number of fused-ring (bicyclic) bond motifs is 6. The Morgan fingerprint density at radius 2 is 1.79 bits per heavy atom. The number of halogens is 1. The van der Waals surface area contributed by atoms with Gasteiger partial charge in [-0.25, -0.2) is 17.9 Å². The molecule has 2 bridgehead atoms. The van der Waals surface area contributed by atoms with Crippen LogP contribution in [0.3, 0.4) is 0 Å². The van der Waals surface area contributed by atoms with Gasteiger partial charge in [-0.2, -0.15) is 8.42 Å². The molecule has 1 amide bonds. The monoisotopic (exact) mass is 560 g/mol. The molecule has 4 N–H and O–H groups in total. The van der Waals surface area contributed by atoms with Crippen LogP contribution in [0.1, 0.15) is 30.4 Å². The maximum absolute atomic E-state index is 13.9. The van der Waals surface area contributed by atoms with Crippen molar-refractivity contribution in [3.63, 3.8) is 0 Å². The van der Waals surface area contributed by atoms with Gasteiger partial charge in [0.1, 0.15) is 22.0 Å². The first-order valence-electron chi connectivity index (χ1n) is 12.2. The third kappa shape index (κ3) is 4.18. The minimum absolute atomic E-state index is 0.0985. The highest BCUT2D eigenvalue weighted by atomic mass is 32.2. The Bertz CT molecular complexity index is 1640. The van der Waals surface area contributed by atoms with Crippen LogP contribution in [0.5, 0.6) is 0 Å². The highest BCUT2D eigenvalue weighted by molar-refractivity contribution is 7.90. The molecule has 4 atom stereocenters. The predicted octanol–water partition coefficient (Wildman–Crippen LogP) is 2.40. The van der Waals surface area contributed by atoms with Gasteiger partial charge in [-0.05, 0) is 66.5 Å². The predicted molar refractivity (Wildman–Crippen MR) is 136 cm³/mol. The molecule has 200 valence electrons. The second kappa shape index (κ2) is 8.61. The summed E-state index contributed by atoms with van der Waals surface area (Å²) in [5, 5.41) is 19.3. The number of benzene rings is 2. The van der Waals surface area contributed by atoms with E-state index in [1.54, 1.807) is 17.0 Å². The van der Waals surface area contributed by atoms with E-state index in [4.69, 9.17) is 5.14 Å². The summed E-state index contributed by atoms with van der Waals surface area (Å²) in [6, 6.07) is 9.54. The molecule has 0 radical (unpaired) electrons. The molecule has 38 heavy (non-hydrogen) atoms. The van der Waals surface area contributed by atoms with Crippen molar-refractivity contribution in [2.45, 2.75) is 42.5 Å². The van der Waals surface area contributed by atoms with E-state index in [2.05, 4.69) is 9.71 Å². The van der Waals surface area contributed by atoms with E-state index in [9.17, 15) is 31.1 Å². The van der Waals surface area contributed by atoms with Gasteiger partial charge in [-0.15, -0.1) is 4.40 Å². The van der Waals surface area contributed by atoms with Gasteiger partial charge in [0.2, 0.25) is 10.0 Å². The van der Waals surface area contributed by atoms with Crippen LogP contribution in [-0.4, -0.2) is 44.6 Å². The number of nitrogens with two attached hydrogens (primary N) is 1. The van der Waals surface area contributed by atoms with E-state index >= 15 is 0 Å². The van der Waals surface area contributed by atoms with Gasteiger partial charge in [-0.3, -0.25) is 4.79 Å². The summed E-state index contributed by atoms with van der Waals surface area (Å²) in [5.74, 6) is -1.96. The topological polar surface area (TPSA) is 159 Å². The summed E-state index contributed by atoms with van der Waals surface area (Å²) >= 11 is 0.